The Morgan fingerprint density at radius 2 is 1.93 bits per heavy atom. The van der Waals surface area contributed by atoms with Gasteiger partial charge in [-0.25, -0.2) is 0 Å². The van der Waals surface area contributed by atoms with E-state index < -0.39 is 12.1 Å². The Morgan fingerprint density at radius 3 is 2.59 bits per heavy atom. The molecule has 2 heterocycles. The number of aromatic amines is 1. The molecule has 0 aliphatic rings. The number of aryl methyl sites for hydroxylation is 1. The monoisotopic (exact) mass is 368 g/mol. The summed E-state index contributed by atoms with van der Waals surface area (Å²) in [6.07, 6.45) is -1.09. The summed E-state index contributed by atoms with van der Waals surface area (Å²) in [4.78, 5) is 39.5. The lowest BCUT2D eigenvalue weighted by Gasteiger charge is -2.11. The van der Waals surface area contributed by atoms with Crippen molar-refractivity contribution < 1.29 is 23.6 Å². The van der Waals surface area contributed by atoms with Crippen molar-refractivity contribution in [2.75, 3.05) is 0 Å². The van der Waals surface area contributed by atoms with Gasteiger partial charge in [0.2, 0.25) is 5.78 Å². The largest absolute Gasteiger partial charge is 0.454 e. The van der Waals surface area contributed by atoms with Crippen molar-refractivity contribution in [1.29, 1.82) is 0 Å². The molecule has 1 atom stereocenters. The maximum Gasteiger partial charge on any atom is 0.312 e. The number of hydrogen-bond donors (Lipinski definition) is 1. The zero-order valence-electron chi connectivity index (χ0n) is 15.6. The highest BCUT2D eigenvalue weighted by Gasteiger charge is 2.26. The average molecular weight is 368 g/mol. The van der Waals surface area contributed by atoms with Crippen LogP contribution >= 0.6 is 0 Å². The van der Waals surface area contributed by atoms with Crippen molar-refractivity contribution in [1.82, 2.24) is 10.1 Å². The molecule has 0 spiro atoms. The SMILES string of the molecule is CC(=O)c1c(C)[nH]c(C(=O)[C@H](C)OC(=O)Cc2noc3ccccc23)c1C. The van der Waals surface area contributed by atoms with Crippen LogP contribution in [0.4, 0.5) is 0 Å². The maximum absolute atomic E-state index is 12.7. The number of Topliss-reactive ketones (excluding diaryl/α,β-unsaturated/α-hetero) is 2. The first kappa shape index (κ1) is 18.6. The summed E-state index contributed by atoms with van der Waals surface area (Å²) in [5, 5.41) is 4.62. The Hall–Kier alpha value is -3.22. The van der Waals surface area contributed by atoms with Gasteiger partial charge in [-0.1, -0.05) is 17.3 Å². The van der Waals surface area contributed by atoms with E-state index in [2.05, 4.69) is 10.1 Å². The Balaban J connectivity index is 1.72. The lowest BCUT2D eigenvalue weighted by atomic mass is 10.0. The topological polar surface area (TPSA) is 102 Å². The van der Waals surface area contributed by atoms with Crippen molar-refractivity contribution in [2.45, 2.75) is 40.2 Å². The summed E-state index contributed by atoms with van der Waals surface area (Å²) in [6.45, 7) is 6.38. The number of H-pyrrole nitrogens is 1. The second kappa shape index (κ2) is 7.19. The van der Waals surface area contributed by atoms with E-state index in [1.165, 1.54) is 13.8 Å². The van der Waals surface area contributed by atoms with Gasteiger partial charge in [-0.05, 0) is 45.4 Å². The molecule has 7 nitrogen and oxygen atoms in total. The molecule has 140 valence electrons. The number of nitrogens with zero attached hydrogens (tertiary/aromatic N) is 1. The molecule has 0 aliphatic heterocycles. The molecule has 0 fully saturated rings. The number of carbonyl (C=O) groups is 3. The summed E-state index contributed by atoms with van der Waals surface area (Å²) in [5.41, 5.74) is 3.00. The van der Waals surface area contributed by atoms with Crippen LogP contribution < -0.4 is 0 Å². The van der Waals surface area contributed by atoms with Crippen LogP contribution in [-0.4, -0.2) is 33.8 Å². The lowest BCUT2D eigenvalue weighted by molar-refractivity contribution is -0.145. The Bertz CT molecular complexity index is 1040. The predicted molar refractivity (Wildman–Crippen MR) is 97.9 cm³/mol. The first-order chi connectivity index (χ1) is 12.8. The molecule has 3 aromatic rings. The summed E-state index contributed by atoms with van der Waals surface area (Å²) in [7, 11) is 0. The number of carbonyl (C=O) groups excluding carboxylic acids is 3. The molecule has 1 N–H and O–H groups in total. The van der Waals surface area contributed by atoms with E-state index in [0.717, 1.165) is 5.39 Å². The molecule has 0 aliphatic carbocycles. The molecule has 0 saturated heterocycles. The minimum atomic E-state index is -0.993. The standard InChI is InChI=1S/C20H20N2O5/c1-10-18(12(3)23)11(2)21-19(10)20(25)13(4)26-17(24)9-15-14-7-5-6-8-16(14)27-22-15/h5-8,13,21H,9H2,1-4H3/t13-/m0/s1. The first-order valence-electron chi connectivity index (χ1n) is 8.56. The van der Waals surface area contributed by atoms with Crippen LogP contribution in [0.15, 0.2) is 28.8 Å². The molecule has 1 aromatic carbocycles. The number of benzene rings is 1. The van der Waals surface area contributed by atoms with Crippen molar-refractivity contribution in [3.63, 3.8) is 0 Å². The molecular formula is C20H20N2O5. The fourth-order valence-corrected chi connectivity index (χ4v) is 3.22. The Kier molecular flexibility index (Phi) is 4.94. The fourth-order valence-electron chi connectivity index (χ4n) is 3.22. The molecule has 2 aromatic heterocycles. The minimum absolute atomic E-state index is 0.101. The maximum atomic E-state index is 12.7. The van der Waals surface area contributed by atoms with Gasteiger partial charge in [-0.2, -0.15) is 0 Å². The van der Waals surface area contributed by atoms with E-state index in [4.69, 9.17) is 9.26 Å². The quantitative estimate of drug-likeness (QED) is 0.529. The molecule has 0 unspecified atom stereocenters. The molecule has 27 heavy (non-hydrogen) atoms. The third kappa shape index (κ3) is 3.53. The number of fused-ring (bicyclic) bond motifs is 1. The predicted octanol–water partition coefficient (Wildman–Crippen LogP) is 3.33. The van der Waals surface area contributed by atoms with Crippen LogP contribution in [0.1, 0.15) is 51.6 Å². The third-order valence-electron chi connectivity index (χ3n) is 4.48. The number of aromatic nitrogens is 2. The van der Waals surface area contributed by atoms with Crippen molar-refractivity contribution >= 4 is 28.5 Å². The molecule has 3 rings (SSSR count). The number of hydrogen-bond acceptors (Lipinski definition) is 6. The normalized spacial score (nSPS) is 12.1. The summed E-state index contributed by atoms with van der Waals surface area (Å²) in [6, 6.07) is 7.19. The van der Waals surface area contributed by atoms with E-state index >= 15 is 0 Å². The summed E-state index contributed by atoms with van der Waals surface area (Å²) >= 11 is 0. The number of rotatable bonds is 6. The van der Waals surface area contributed by atoms with Crippen LogP contribution in [0.25, 0.3) is 11.0 Å². The van der Waals surface area contributed by atoms with Crippen molar-refractivity contribution in [2.24, 2.45) is 0 Å². The van der Waals surface area contributed by atoms with Gasteiger partial charge in [0.25, 0.3) is 0 Å². The van der Waals surface area contributed by atoms with E-state index in [-0.39, 0.29) is 23.7 Å². The van der Waals surface area contributed by atoms with Crippen molar-refractivity contribution in [3.05, 3.63) is 52.5 Å². The highest BCUT2D eigenvalue weighted by molar-refractivity contribution is 6.05. The molecule has 0 amide bonds. The van der Waals surface area contributed by atoms with Gasteiger partial charge in [0.15, 0.2) is 17.5 Å². The van der Waals surface area contributed by atoms with Crippen LogP contribution in [0.5, 0.6) is 0 Å². The fraction of sp³-hybridized carbons (Fsp3) is 0.300. The summed E-state index contributed by atoms with van der Waals surface area (Å²) in [5.74, 6) is -1.09. The van der Waals surface area contributed by atoms with Crippen LogP contribution in [0.2, 0.25) is 0 Å². The molecule has 0 radical (unpaired) electrons. The molecular weight excluding hydrogens is 348 g/mol. The zero-order valence-corrected chi connectivity index (χ0v) is 15.6. The lowest BCUT2D eigenvalue weighted by Crippen LogP contribution is -2.26. The van der Waals surface area contributed by atoms with Gasteiger partial charge in [0.05, 0.1) is 12.1 Å². The number of ketones is 2. The van der Waals surface area contributed by atoms with Crippen molar-refractivity contribution in [3.8, 4) is 0 Å². The minimum Gasteiger partial charge on any atom is -0.454 e. The molecule has 0 bridgehead atoms. The van der Waals surface area contributed by atoms with Gasteiger partial charge < -0.3 is 14.2 Å². The Labute approximate surface area is 155 Å². The van der Waals surface area contributed by atoms with Gasteiger partial charge in [-0.3, -0.25) is 14.4 Å². The molecule has 0 saturated carbocycles. The van der Waals surface area contributed by atoms with Gasteiger partial charge in [0.1, 0.15) is 5.69 Å². The van der Waals surface area contributed by atoms with E-state index in [0.29, 0.717) is 28.1 Å². The van der Waals surface area contributed by atoms with Gasteiger partial charge in [-0.15, -0.1) is 0 Å². The number of ether oxygens (including phenoxy) is 1. The third-order valence-corrected chi connectivity index (χ3v) is 4.48. The van der Waals surface area contributed by atoms with Crippen LogP contribution in [0.3, 0.4) is 0 Å². The second-order valence-electron chi connectivity index (χ2n) is 6.48. The van der Waals surface area contributed by atoms with Gasteiger partial charge in [0, 0.05) is 16.6 Å². The first-order valence-corrected chi connectivity index (χ1v) is 8.56. The van der Waals surface area contributed by atoms with E-state index in [1.807, 2.05) is 12.1 Å². The Morgan fingerprint density at radius 1 is 1.22 bits per heavy atom. The zero-order chi connectivity index (χ0) is 19.7. The van der Waals surface area contributed by atoms with E-state index in [1.54, 1.807) is 26.0 Å². The highest BCUT2D eigenvalue weighted by atomic mass is 16.5. The number of nitrogens with one attached hydrogen (secondary N) is 1. The summed E-state index contributed by atoms with van der Waals surface area (Å²) < 4.78 is 10.4. The van der Waals surface area contributed by atoms with Crippen LogP contribution in [-0.2, 0) is 16.0 Å². The van der Waals surface area contributed by atoms with Gasteiger partial charge >= 0.3 is 5.97 Å². The second-order valence-corrected chi connectivity index (χ2v) is 6.48. The molecule has 7 heteroatoms. The number of para-hydroxylation sites is 1. The number of esters is 1. The highest BCUT2D eigenvalue weighted by Crippen LogP contribution is 2.21. The average Bonchev–Trinajstić information content (AvgIpc) is 3.14. The van der Waals surface area contributed by atoms with Crippen LogP contribution in [0, 0.1) is 13.8 Å². The van der Waals surface area contributed by atoms with E-state index in [9.17, 15) is 14.4 Å². The smallest absolute Gasteiger partial charge is 0.312 e.